The van der Waals surface area contributed by atoms with Crippen molar-refractivity contribution in [2.75, 3.05) is 6.54 Å². The summed E-state index contributed by atoms with van der Waals surface area (Å²) in [5.74, 6) is -1.05. The van der Waals surface area contributed by atoms with Gasteiger partial charge in [-0.3, -0.25) is 10.1 Å². The Labute approximate surface area is 115 Å². The van der Waals surface area contributed by atoms with E-state index in [1.165, 1.54) is 0 Å². The van der Waals surface area contributed by atoms with Crippen molar-refractivity contribution < 1.29 is 17.7 Å². The van der Waals surface area contributed by atoms with E-state index in [4.69, 9.17) is 5.73 Å². The molecule has 0 aromatic heterocycles. The third-order valence-corrected chi connectivity index (χ3v) is 4.69. The van der Waals surface area contributed by atoms with Gasteiger partial charge in [0.25, 0.3) is 0 Å². The summed E-state index contributed by atoms with van der Waals surface area (Å²) in [4.78, 5) is 9.12. The van der Waals surface area contributed by atoms with Crippen molar-refractivity contribution in [3.05, 3.63) is 34.1 Å². The molecule has 1 aliphatic rings. The summed E-state index contributed by atoms with van der Waals surface area (Å²) in [5.41, 5.74) is 4.44. The lowest BCUT2D eigenvalue weighted by atomic mass is 10.2. The molecule has 1 atom stereocenters. The third kappa shape index (κ3) is 2.94. The van der Waals surface area contributed by atoms with Gasteiger partial charge in [0.05, 0.1) is 4.92 Å². The molecule has 0 spiro atoms. The molecule has 110 valence electrons. The lowest BCUT2D eigenvalue weighted by Crippen LogP contribution is -2.41. The molecule has 1 aromatic rings. The third-order valence-electron chi connectivity index (χ3n) is 3.17. The van der Waals surface area contributed by atoms with E-state index in [1.54, 1.807) is 0 Å². The predicted octanol–water partition coefficient (Wildman–Crippen LogP) is 0.750. The number of nitrogens with one attached hydrogen (secondary N) is 1. The normalized spacial score (nSPS) is 16.9. The van der Waals surface area contributed by atoms with Crippen LogP contribution in [0.5, 0.6) is 0 Å². The Bertz CT molecular complexity index is 631. The number of benzene rings is 1. The Kier molecular flexibility index (Phi) is 4.02. The van der Waals surface area contributed by atoms with E-state index in [9.17, 15) is 22.9 Å². The highest BCUT2D eigenvalue weighted by atomic mass is 32.2. The summed E-state index contributed by atoms with van der Waals surface area (Å²) < 4.78 is 40.1. The first kappa shape index (κ1) is 14.8. The minimum absolute atomic E-state index is 0.0903. The van der Waals surface area contributed by atoms with Gasteiger partial charge in [0.1, 0.15) is 0 Å². The highest BCUT2D eigenvalue weighted by Gasteiger charge is 2.36. The van der Waals surface area contributed by atoms with Gasteiger partial charge < -0.3 is 5.73 Å². The van der Waals surface area contributed by atoms with Crippen LogP contribution in [-0.4, -0.2) is 25.9 Å². The van der Waals surface area contributed by atoms with Gasteiger partial charge in [0, 0.05) is 12.6 Å². The minimum Gasteiger partial charge on any atom is -0.329 e. The predicted molar refractivity (Wildman–Crippen MR) is 68.9 cm³/mol. The number of para-hydroxylation sites is 1. The highest BCUT2D eigenvalue weighted by Crippen LogP contribution is 2.34. The van der Waals surface area contributed by atoms with Crippen molar-refractivity contribution in [1.82, 2.24) is 4.72 Å². The van der Waals surface area contributed by atoms with E-state index in [-0.39, 0.29) is 12.5 Å². The zero-order chi connectivity index (χ0) is 14.9. The van der Waals surface area contributed by atoms with Gasteiger partial charge >= 0.3 is 5.69 Å². The molecule has 7 nitrogen and oxygen atoms in total. The van der Waals surface area contributed by atoms with E-state index in [1.807, 2.05) is 0 Å². The van der Waals surface area contributed by atoms with Crippen molar-refractivity contribution in [2.24, 2.45) is 11.7 Å². The molecule has 0 radical (unpaired) electrons. The molecule has 20 heavy (non-hydrogen) atoms. The molecule has 0 unspecified atom stereocenters. The van der Waals surface area contributed by atoms with Crippen molar-refractivity contribution in [3.63, 3.8) is 0 Å². The van der Waals surface area contributed by atoms with Crippen LogP contribution >= 0.6 is 0 Å². The smallest absolute Gasteiger partial charge is 0.324 e. The average molecular weight is 303 g/mol. The second-order valence-corrected chi connectivity index (χ2v) is 6.33. The standard InChI is InChI=1S/C11H14FN3O4S/c12-8-2-1-3-10(11(8)15(16)17)20(18,19)14-9(6-13)7-4-5-7/h1-3,7,9,14H,4-6,13H2/t9-/m0/s1. The topological polar surface area (TPSA) is 115 Å². The van der Waals surface area contributed by atoms with E-state index < -0.39 is 37.4 Å². The maximum Gasteiger partial charge on any atom is 0.324 e. The number of nitrogens with zero attached hydrogens (tertiary/aromatic N) is 1. The Morgan fingerprint density at radius 2 is 2.15 bits per heavy atom. The molecule has 0 bridgehead atoms. The van der Waals surface area contributed by atoms with Crippen molar-refractivity contribution in [3.8, 4) is 0 Å². The lowest BCUT2D eigenvalue weighted by Gasteiger charge is -2.16. The lowest BCUT2D eigenvalue weighted by molar-refractivity contribution is -0.390. The SMILES string of the molecule is NC[C@H](NS(=O)(=O)c1cccc(F)c1[N+](=O)[O-])C1CC1. The summed E-state index contributed by atoms with van der Waals surface area (Å²) in [6.45, 7) is 0.0903. The van der Waals surface area contributed by atoms with E-state index >= 15 is 0 Å². The maximum atomic E-state index is 13.5. The number of nitro groups is 1. The Hall–Kier alpha value is -1.58. The summed E-state index contributed by atoms with van der Waals surface area (Å²) in [6, 6.07) is 2.48. The molecule has 1 saturated carbocycles. The summed E-state index contributed by atoms with van der Waals surface area (Å²) in [6.07, 6.45) is 1.71. The number of nitro benzene ring substituents is 1. The van der Waals surface area contributed by atoms with Gasteiger partial charge in [0.15, 0.2) is 4.90 Å². The number of hydrogen-bond acceptors (Lipinski definition) is 5. The van der Waals surface area contributed by atoms with Crippen LogP contribution in [-0.2, 0) is 10.0 Å². The first-order valence-electron chi connectivity index (χ1n) is 6.02. The Morgan fingerprint density at radius 1 is 1.50 bits per heavy atom. The van der Waals surface area contributed by atoms with Crippen LogP contribution in [0.15, 0.2) is 23.1 Å². The highest BCUT2D eigenvalue weighted by molar-refractivity contribution is 7.89. The van der Waals surface area contributed by atoms with E-state index in [2.05, 4.69) is 4.72 Å². The molecule has 3 N–H and O–H groups in total. The summed E-state index contributed by atoms with van der Waals surface area (Å²) >= 11 is 0. The van der Waals surface area contributed by atoms with Gasteiger partial charge in [-0.25, -0.2) is 13.1 Å². The molecule has 1 aliphatic carbocycles. The molecule has 0 saturated heterocycles. The molecular formula is C11H14FN3O4S. The van der Waals surface area contributed by atoms with Gasteiger partial charge in [-0.1, -0.05) is 6.07 Å². The van der Waals surface area contributed by atoms with E-state index in [0.717, 1.165) is 31.0 Å². The molecule has 9 heteroatoms. The maximum absolute atomic E-state index is 13.5. The van der Waals surface area contributed by atoms with Crippen LogP contribution < -0.4 is 10.5 Å². The van der Waals surface area contributed by atoms with Crippen molar-refractivity contribution >= 4 is 15.7 Å². The second kappa shape index (κ2) is 5.43. The first-order chi connectivity index (χ1) is 9.36. The van der Waals surface area contributed by atoms with Crippen molar-refractivity contribution in [2.45, 2.75) is 23.8 Å². The molecule has 0 aliphatic heterocycles. The van der Waals surface area contributed by atoms with Gasteiger partial charge in [-0.05, 0) is 30.9 Å². The Morgan fingerprint density at radius 3 is 2.65 bits per heavy atom. The zero-order valence-corrected chi connectivity index (χ0v) is 11.3. The first-order valence-corrected chi connectivity index (χ1v) is 7.50. The van der Waals surface area contributed by atoms with Gasteiger partial charge in [-0.15, -0.1) is 0 Å². The number of sulfonamides is 1. The summed E-state index contributed by atoms with van der Waals surface area (Å²) in [7, 11) is -4.19. The zero-order valence-electron chi connectivity index (χ0n) is 10.5. The molecule has 2 rings (SSSR count). The monoisotopic (exact) mass is 303 g/mol. The van der Waals surface area contributed by atoms with Crippen LogP contribution in [0.1, 0.15) is 12.8 Å². The van der Waals surface area contributed by atoms with Crippen LogP contribution in [0.2, 0.25) is 0 Å². The quantitative estimate of drug-likeness (QED) is 0.594. The van der Waals surface area contributed by atoms with Crippen molar-refractivity contribution in [1.29, 1.82) is 0 Å². The largest absolute Gasteiger partial charge is 0.329 e. The number of rotatable bonds is 6. The van der Waals surface area contributed by atoms with E-state index in [0.29, 0.717) is 0 Å². The molecular weight excluding hydrogens is 289 g/mol. The second-order valence-electron chi connectivity index (χ2n) is 4.64. The summed E-state index contributed by atoms with van der Waals surface area (Å²) in [5, 5.41) is 10.8. The number of hydrogen-bond donors (Lipinski definition) is 2. The minimum atomic E-state index is -4.19. The van der Waals surface area contributed by atoms with Crippen LogP contribution in [0.3, 0.4) is 0 Å². The fraction of sp³-hybridized carbons (Fsp3) is 0.455. The van der Waals surface area contributed by atoms with Gasteiger partial charge in [0.2, 0.25) is 15.8 Å². The fourth-order valence-electron chi connectivity index (χ4n) is 1.99. The molecule has 1 aromatic carbocycles. The number of nitrogens with two attached hydrogens (primary N) is 1. The van der Waals surface area contributed by atoms with Crippen LogP contribution in [0, 0.1) is 21.8 Å². The fourth-order valence-corrected chi connectivity index (χ4v) is 3.49. The molecule has 0 heterocycles. The number of halogens is 1. The molecule has 0 amide bonds. The molecule has 1 fully saturated rings. The van der Waals surface area contributed by atoms with Crippen LogP contribution in [0.4, 0.5) is 10.1 Å². The Balaban J connectivity index is 2.38. The van der Waals surface area contributed by atoms with Crippen LogP contribution in [0.25, 0.3) is 0 Å². The van der Waals surface area contributed by atoms with Gasteiger partial charge in [-0.2, -0.15) is 4.39 Å². The average Bonchev–Trinajstić information content (AvgIpc) is 3.19.